The van der Waals surface area contributed by atoms with Crippen LogP contribution in [-0.2, 0) is 6.42 Å². The van der Waals surface area contributed by atoms with Crippen molar-refractivity contribution < 1.29 is 4.52 Å². The van der Waals surface area contributed by atoms with E-state index in [1.165, 1.54) is 0 Å². The minimum absolute atomic E-state index is 0.247. The molecule has 3 rings (SSSR count). The number of nitriles is 1. The van der Waals surface area contributed by atoms with Crippen molar-refractivity contribution in [2.75, 3.05) is 0 Å². The van der Waals surface area contributed by atoms with E-state index in [2.05, 4.69) is 16.2 Å². The second kappa shape index (κ2) is 8.11. The highest BCUT2D eigenvalue weighted by molar-refractivity contribution is 6.39. The predicted octanol–water partition coefficient (Wildman–Crippen LogP) is 6.77. The van der Waals surface area contributed by atoms with Gasteiger partial charge in [-0.25, -0.2) is 0 Å². The Hall–Kier alpha value is -2.03. The molecule has 0 spiro atoms. The average molecular weight is 425 g/mol. The number of rotatable bonds is 4. The summed E-state index contributed by atoms with van der Waals surface area (Å²) in [7, 11) is 0. The number of aliphatic imine (C=N–C) groups is 1. The van der Waals surface area contributed by atoms with Crippen molar-refractivity contribution in [1.82, 2.24) is 5.16 Å². The fourth-order valence-electron chi connectivity index (χ4n) is 2.29. The lowest BCUT2D eigenvalue weighted by Gasteiger charge is -2.02. The Labute approximate surface area is 169 Å². The predicted molar refractivity (Wildman–Crippen MR) is 105 cm³/mol. The third kappa shape index (κ3) is 3.87. The Kier molecular flexibility index (Phi) is 5.85. The molecule has 0 bridgehead atoms. The van der Waals surface area contributed by atoms with Crippen molar-refractivity contribution >= 4 is 58.3 Å². The van der Waals surface area contributed by atoms with E-state index in [-0.39, 0.29) is 12.0 Å². The van der Waals surface area contributed by atoms with E-state index in [0.29, 0.717) is 42.8 Å². The fourth-order valence-corrected chi connectivity index (χ4v) is 3.32. The maximum Gasteiger partial charge on any atom is 0.160 e. The molecule has 1 aromatic heterocycles. The van der Waals surface area contributed by atoms with E-state index >= 15 is 0 Å². The van der Waals surface area contributed by atoms with Gasteiger partial charge in [-0.3, -0.25) is 4.99 Å². The van der Waals surface area contributed by atoms with Crippen LogP contribution < -0.4 is 0 Å². The van der Waals surface area contributed by atoms with Crippen molar-refractivity contribution in [2.45, 2.75) is 6.42 Å². The monoisotopic (exact) mass is 423 g/mol. The number of hydrogen-bond donors (Lipinski definition) is 0. The molecule has 0 atom stereocenters. The smallest absolute Gasteiger partial charge is 0.160 e. The molecular weight excluding hydrogens is 416 g/mol. The maximum atomic E-state index is 9.51. The highest BCUT2D eigenvalue weighted by Gasteiger charge is 2.21. The molecule has 0 aliphatic carbocycles. The lowest BCUT2D eigenvalue weighted by atomic mass is 10.1. The number of halogens is 4. The number of hydrogen-bond acceptors (Lipinski definition) is 4. The van der Waals surface area contributed by atoms with Crippen LogP contribution in [0, 0.1) is 11.3 Å². The van der Waals surface area contributed by atoms with Gasteiger partial charge in [0, 0.05) is 23.2 Å². The largest absolute Gasteiger partial charge is 0.359 e. The van der Waals surface area contributed by atoms with Gasteiger partial charge in [0.15, 0.2) is 5.76 Å². The van der Waals surface area contributed by atoms with Gasteiger partial charge in [-0.2, -0.15) is 5.26 Å². The molecule has 0 unspecified atom stereocenters. The van der Waals surface area contributed by atoms with E-state index in [1.54, 1.807) is 42.6 Å². The molecule has 3 aromatic rings. The lowest BCUT2D eigenvalue weighted by Crippen LogP contribution is -1.90. The summed E-state index contributed by atoms with van der Waals surface area (Å²) in [4.78, 5) is 4.27. The van der Waals surface area contributed by atoms with Crippen molar-refractivity contribution in [3.05, 3.63) is 67.8 Å². The van der Waals surface area contributed by atoms with E-state index in [0.717, 1.165) is 0 Å². The van der Waals surface area contributed by atoms with Crippen LogP contribution in [0.4, 0.5) is 5.69 Å². The molecule has 0 fully saturated rings. The van der Waals surface area contributed by atoms with Crippen LogP contribution in [0.5, 0.6) is 0 Å². The zero-order valence-electron chi connectivity index (χ0n) is 13.0. The molecule has 0 radical (unpaired) electrons. The first kappa shape index (κ1) is 18.8. The minimum atomic E-state index is 0.247. The minimum Gasteiger partial charge on any atom is -0.359 e. The van der Waals surface area contributed by atoms with Crippen LogP contribution in [-0.4, -0.2) is 11.4 Å². The molecule has 2 aromatic carbocycles. The van der Waals surface area contributed by atoms with Crippen LogP contribution in [0.15, 0.2) is 45.9 Å². The summed E-state index contributed by atoms with van der Waals surface area (Å²) in [6.45, 7) is 0. The van der Waals surface area contributed by atoms with Gasteiger partial charge >= 0.3 is 0 Å². The number of aromatic nitrogens is 1. The molecule has 1 heterocycles. The van der Waals surface area contributed by atoms with Gasteiger partial charge in [0.2, 0.25) is 0 Å². The molecule has 8 heteroatoms. The molecule has 130 valence electrons. The topological polar surface area (TPSA) is 62.2 Å². The summed E-state index contributed by atoms with van der Waals surface area (Å²) in [5, 5.41) is 15.2. The van der Waals surface area contributed by atoms with Crippen LogP contribution >= 0.6 is 46.4 Å². The van der Waals surface area contributed by atoms with Crippen LogP contribution in [0.3, 0.4) is 0 Å². The SMILES string of the molecule is N#Cc1c(-c2c(Cl)cccc2Cl)noc1CC=Nc1ccc(Cl)cc1Cl. The first-order valence-corrected chi connectivity index (χ1v) is 8.83. The zero-order valence-corrected chi connectivity index (χ0v) is 16.0. The fraction of sp³-hybridized carbons (Fsp3) is 0.0556. The first-order valence-electron chi connectivity index (χ1n) is 7.32. The molecule has 4 nitrogen and oxygen atoms in total. The van der Waals surface area contributed by atoms with Crippen molar-refractivity contribution in [1.29, 1.82) is 5.26 Å². The van der Waals surface area contributed by atoms with Gasteiger partial charge in [0.25, 0.3) is 0 Å². The van der Waals surface area contributed by atoms with E-state index in [1.807, 2.05) is 0 Å². The Bertz CT molecular complexity index is 1020. The third-order valence-corrected chi connectivity index (χ3v) is 4.66. The van der Waals surface area contributed by atoms with Gasteiger partial charge in [0.1, 0.15) is 17.3 Å². The van der Waals surface area contributed by atoms with Crippen molar-refractivity contribution in [3.63, 3.8) is 0 Å². The Morgan fingerprint density at radius 2 is 1.81 bits per heavy atom. The lowest BCUT2D eigenvalue weighted by molar-refractivity contribution is 0.395. The maximum absolute atomic E-state index is 9.51. The second-order valence-corrected chi connectivity index (χ2v) is 6.81. The molecule has 0 aliphatic rings. The van der Waals surface area contributed by atoms with E-state index < -0.39 is 0 Å². The summed E-state index contributed by atoms with van der Waals surface area (Å²) in [5.74, 6) is 0.354. The van der Waals surface area contributed by atoms with Gasteiger partial charge < -0.3 is 4.52 Å². The van der Waals surface area contributed by atoms with Gasteiger partial charge in [-0.15, -0.1) is 0 Å². The second-order valence-electron chi connectivity index (χ2n) is 5.15. The van der Waals surface area contributed by atoms with Crippen LogP contribution in [0.1, 0.15) is 11.3 Å². The molecule has 0 aliphatic heterocycles. The summed E-state index contributed by atoms with van der Waals surface area (Å²) < 4.78 is 5.30. The summed E-state index contributed by atoms with van der Waals surface area (Å²) in [6, 6.07) is 12.1. The Balaban J connectivity index is 1.90. The molecular formula is C18H9Cl4N3O. The van der Waals surface area contributed by atoms with Crippen LogP contribution in [0.2, 0.25) is 20.1 Å². The summed E-state index contributed by atoms with van der Waals surface area (Å²) in [5.41, 5.74) is 1.58. The number of nitrogens with zero attached hydrogens (tertiary/aromatic N) is 3. The summed E-state index contributed by atoms with van der Waals surface area (Å²) >= 11 is 24.3. The first-order chi connectivity index (χ1) is 12.5. The Morgan fingerprint density at radius 1 is 1.08 bits per heavy atom. The van der Waals surface area contributed by atoms with Gasteiger partial charge in [-0.1, -0.05) is 57.6 Å². The zero-order chi connectivity index (χ0) is 18.7. The van der Waals surface area contributed by atoms with Gasteiger partial charge in [0.05, 0.1) is 20.8 Å². The molecule has 0 amide bonds. The standard InChI is InChI=1S/C18H9Cl4N3O/c19-10-4-5-15(14(22)8-10)24-7-6-16-11(9-23)18(25-26-16)17-12(20)2-1-3-13(17)21/h1-5,7-8H,6H2. The van der Waals surface area contributed by atoms with E-state index in [4.69, 9.17) is 50.9 Å². The molecule has 26 heavy (non-hydrogen) atoms. The average Bonchev–Trinajstić information content (AvgIpc) is 2.99. The van der Waals surface area contributed by atoms with Crippen LogP contribution in [0.25, 0.3) is 11.3 Å². The highest BCUT2D eigenvalue weighted by atomic mass is 35.5. The number of benzene rings is 2. The Morgan fingerprint density at radius 3 is 2.46 bits per heavy atom. The summed E-state index contributed by atoms with van der Waals surface area (Å²) in [6.07, 6.45) is 1.82. The quantitative estimate of drug-likeness (QED) is 0.434. The molecule has 0 saturated carbocycles. The normalized spacial score (nSPS) is 11.0. The van der Waals surface area contributed by atoms with Crippen molar-refractivity contribution in [3.8, 4) is 17.3 Å². The van der Waals surface area contributed by atoms with E-state index in [9.17, 15) is 5.26 Å². The van der Waals surface area contributed by atoms with Gasteiger partial charge in [-0.05, 0) is 30.3 Å². The third-order valence-electron chi connectivity index (χ3n) is 3.49. The molecule has 0 saturated heterocycles. The highest BCUT2D eigenvalue weighted by Crippen LogP contribution is 2.36. The van der Waals surface area contributed by atoms with Crippen molar-refractivity contribution in [2.24, 2.45) is 4.99 Å². The molecule has 0 N–H and O–H groups in total.